The van der Waals surface area contributed by atoms with E-state index in [0.29, 0.717) is 17.4 Å². The monoisotopic (exact) mass is 236 g/mol. The number of amides is 1. The fraction of sp³-hybridized carbons (Fsp3) is 0.667. The number of anilines is 1. The first-order valence-corrected chi connectivity index (χ1v) is 6.23. The first kappa shape index (κ1) is 12.0. The highest BCUT2D eigenvalue weighted by atomic mass is 16.2. The SMILES string of the molecule is CC(C)NC(=O)c1c(N)cnn1C1CCCC1. The van der Waals surface area contributed by atoms with Gasteiger partial charge in [0.2, 0.25) is 0 Å². The van der Waals surface area contributed by atoms with Gasteiger partial charge in [0, 0.05) is 6.04 Å². The van der Waals surface area contributed by atoms with E-state index in [0.717, 1.165) is 12.8 Å². The van der Waals surface area contributed by atoms with Crippen molar-refractivity contribution in [3.8, 4) is 0 Å². The minimum atomic E-state index is -0.123. The topological polar surface area (TPSA) is 72.9 Å². The Balaban J connectivity index is 2.25. The summed E-state index contributed by atoms with van der Waals surface area (Å²) in [5.41, 5.74) is 6.83. The maximum Gasteiger partial charge on any atom is 0.271 e. The van der Waals surface area contributed by atoms with Crippen LogP contribution in [0.4, 0.5) is 5.69 Å². The van der Waals surface area contributed by atoms with Crippen molar-refractivity contribution in [2.75, 3.05) is 5.73 Å². The van der Waals surface area contributed by atoms with E-state index in [1.165, 1.54) is 12.8 Å². The number of rotatable bonds is 3. The minimum absolute atomic E-state index is 0.105. The zero-order chi connectivity index (χ0) is 12.4. The van der Waals surface area contributed by atoms with Gasteiger partial charge >= 0.3 is 0 Å². The molecule has 1 aliphatic rings. The summed E-state index contributed by atoms with van der Waals surface area (Å²) in [6.45, 7) is 3.87. The summed E-state index contributed by atoms with van der Waals surface area (Å²) in [7, 11) is 0. The van der Waals surface area contributed by atoms with Crippen LogP contribution in [-0.4, -0.2) is 21.7 Å². The first-order valence-electron chi connectivity index (χ1n) is 6.23. The molecule has 1 aromatic heterocycles. The molecule has 0 radical (unpaired) electrons. The lowest BCUT2D eigenvalue weighted by Gasteiger charge is -2.15. The maximum atomic E-state index is 12.1. The summed E-state index contributed by atoms with van der Waals surface area (Å²) in [4.78, 5) is 12.1. The molecular weight excluding hydrogens is 216 g/mol. The molecule has 0 spiro atoms. The van der Waals surface area contributed by atoms with Gasteiger partial charge in [-0.3, -0.25) is 9.48 Å². The summed E-state index contributed by atoms with van der Waals surface area (Å²) >= 11 is 0. The Hall–Kier alpha value is -1.52. The molecule has 0 aliphatic heterocycles. The summed E-state index contributed by atoms with van der Waals surface area (Å²) in [5, 5.41) is 7.13. The first-order chi connectivity index (χ1) is 8.09. The number of carbonyl (C=O) groups is 1. The van der Waals surface area contributed by atoms with Crippen molar-refractivity contribution in [3.63, 3.8) is 0 Å². The number of hydrogen-bond acceptors (Lipinski definition) is 3. The van der Waals surface area contributed by atoms with Crippen molar-refractivity contribution >= 4 is 11.6 Å². The molecule has 94 valence electrons. The van der Waals surface area contributed by atoms with Gasteiger partial charge in [-0.2, -0.15) is 5.10 Å². The van der Waals surface area contributed by atoms with Crippen LogP contribution in [0.25, 0.3) is 0 Å². The molecule has 1 amide bonds. The van der Waals surface area contributed by atoms with Crippen molar-refractivity contribution in [2.24, 2.45) is 0 Å². The van der Waals surface area contributed by atoms with Gasteiger partial charge in [-0.15, -0.1) is 0 Å². The van der Waals surface area contributed by atoms with Crippen molar-refractivity contribution in [1.29, 1.82) is 0 Å². The maximum absolute atomic E-state index is 12.1. The summed E-state index contributed by atoms with van der Waals surface area (Å²) in [5.74, 6) is -0.123. The second-order valence-electron chi connectivity index (χ2n) is 4.96. The van der Waals surface area contributed by atoms with Gasteiger partial charge < -0.3 is 11.1 Å². The third-order valence-corrected chi connectivity index (χ3v) is 3.13. The second-order valence-corrected chi connectivity index (χ2v) is 4.96. The van der Waals surface area contributed by atoms with Gasteiger partial charge in [-0.25, -0.2) is 0 Å². The largest absolute Gasteiger partial charge is 0.396 e. The van der Waals surface area contributed by atoms with Gasteiger partial charge in [0.15, 0.2) is 0 Å². The smallest absolute Gasteiger partial charge is 0.271 e. The average Bonchev–Trinajstić information content (AvgIpc) is 2.84. The zero-order valence-corrected chi connectivity index (χ0v) is 10.4. The van der Waals surface area contributed by atoms with Crippen LogP contribution in [0.1, 0.15) is 56.1 Å². The van der Waals surface area contributed by atoms with Crippen LogP contribution in [0.15, 0.2) is 6.20 Å². The van der Waals surface area contributed by atoms with E-state index >= 15 is 0 Å². The number of nitrogens with one attached hydrogen (secondary N) is 1. The summed E-state index contributed by atoms with van der Waals surface area (Å²) in [6, 6.07) is 0.439. The number of nitrogens with two attached hydrogens (primary N) is 1. The fourth-order valence-corrected chi connectivity index (χ4v) is 2.37. The standard InChI is InChI=1S/C12H20N4O/c1-8(2)15-12(17)11-10(13)7-14-16(11)9-5-3-4-6-9/h7-9H,3-6,13H2,1-2H3,(H,15,17). The quantitative estimate of drug-likeness (QED) is 0.839. The van der Waals surface area contributed by atoms with Gasteiger partial charge in [-0.05, 0) is 26.7 Å². The highest BCUT2D eigenvalue weighted by Crippen LogP contribution is 2.31. The third kappa shape index (κ3) is 2.43. The molecule has 1 heterocycles. The fourth-order valence-electron chi connectivity index (χ4n) is 2.37. The van der Waals surface area contributed by atoms with Crippen LogP contribution in [0.3, 0.4) is 0 Å². The highest BCUT2D eigenvalue weighted by Gasteiger charge is 2.25. The van der Waals surface area contributed by atoms with E-state index in [1.807, 2.05) is 13.8 Å². The van der Waals surface area contributed by atoms with Gasteiger partial charge in [0.25, 0.3) is 5.91 Å². The Bertz CT molecular complexity index is 405. The molecule has 0 saturated heterocycles. The van der Waals surface area contributed by atoms with E-state index in [9.17, 15) is 4.79 Å². The number of aromatic nitrogens is 2. The zero-order valence-electron chi connectivity index (χ0n) is 10.4. The lowest BCUT2D eigenvalue weighted by Crippen LogP contribution is -2.33. The molecule has 17 heavy (non-hydrogen) atoms. The molecule has 0 unspecified atom stereocenters. The number of hydrogen-bond donors (Lipinski definition) is 2. The molecule has 2 rings (SSSR count). The molecule has 1 fully saturated rings. The van der Waals surface area contributed by atoms with Crippen molar-refractivity contribution < 1.29 is 4.79 Å². The predicted molar refractivity (Wildman–Crippen MR) is 66.7 cm³/mol. The van der Waals surface area contributed by atoms with Crippen LogP contribution in [0.2, 0.25) is 0 Å². The number of nitrogen functional groups attached to an aromatic ring is 1. The van der Waals surface area contributed by atoms with Crippen molar-refractivity contribution in [2.45, 2.75) is 51.6 Å². The number of nitrogens with zero attached hydrogens (tertiary/aromatic N) is 2. The molecule has 1 aliphatic carbocycles. The van der Waals surface area contributed by atoms with E-state index in [4.69, 9.17) is 5.73 Å². The molecule has 5 nitrogen and oxygen atoms in total. The Morgan fingerprint density at radius 1 is 1.53 bits per heavy atom. The molecule has 0 bridgehead atoms. The van der Waals surface area contributed by atoms with Crippen LogP contribution in [-0.2, 0) is 0 Å². The molecule has 5 heteroatoms. The van der Waals surface area contributed by atoms with Gasteiger partial charge in [-0.1, -0.05) is 12.8 Å². The Labute approximate surface area is 101 Å². The normalized spacial score (nSPS) is 16.6. The Kier molecular flexibility index (Phi) is 3.36. The minimum Gasteiger partial charge on any atom is -0.396 e. The lowest BCUT2D eigenvalue weighted by atomic mass is 10.2. The highest BCUT2D eigenvalue weighted by molar-refractivity contribution is 5.97. The summed E-state index contributed by atoms with van der Waals surface area (Å²) < 4.78 is 1.81. The van der Waals surface area contributed by atoms with E-state index in [1.54, 1.807) is 10.9 Å². The molecular formula is C12H20N4O. The Morgan fingerprint density at radius 2 is 2.18 bits per heavy atom. The van der Waals surface area contributed by atoms with Crippen molar-refractivity contribution in [1.82, 2.24) is 15.1 Å². The number of carbonyl (C=O) groups excluding carboxylic acids is 1. The lowest BCUT2D eigenvalue weighted by molar-refractivity contribution is 0.0930. The molecule has 1 saturated carbocycles. The molecule has 0 atom stereocenters. The van der Waals surface area contributed by atoms with Crippen LogP contribution < -0.4 is 11.1 Å². The predicted octanol–water partition coefficient (Wildman–Crippen LogP) is 1.72. The van der Waals surface area contributed by atoms with E-state index < -0.39 is 0 Å². The van der Waals surface area contributed by atoms with Crippen LogP contribution in [0.5, 0.6) is 0 Å². The van der Waals surface area contributed by atoms with E-state index in [-0.39, 0.29) is 11.9 Å². The third-order valence-electron chi connectivity index (χ3n) is 3.13. The molecule has 0 aromatic carbocycles. The second kappa shape index (κ2) is 4.77. The summed E-state index contributed by atoms with van der Waals surface area (Å²) in [6.07, 6.45) is 6.16. The molecule has 3 N–H and O–H groups in total. The van der Waals surface area contributed by atoms with Crippen molar-refractivity contribution in [3.05, 3.63) is 11.9 Å². The van der Waals surface area contributed by atoms with Crippen LogP contribution in [0, 0.1) is 0 Å². The van der Waals surface area contributed by atoms with E-state index in [2.05, 4.69) is 10.4 Å². The van der Waals surface area contributed by atoms with Crippen LogP contribution >= 0.6 is 0 Å². The average molecular weight is 236 g/mol. The van der Waals surface area contributed by atoms with Gasteiger partial charge in [0.05, 0.1) is 17.9 Å². The Morgan fingerprint density at radius 3 is 2.76 bits per heavy atom. The molecule has 1 aromatic rings. The van der Waals surface area contributed by atoms with Gasteiger partial charge in [0.1, 0.15) is 5.69 Å².